The first kappa shape index (κ1) is 27.8. The molecule has 2 aromatic carbocycles. The highest BCUT2D eigenvalue weighted by Gasteiger charge is 2.34. The second-order valence-corrected chi connectivity index (χ2v) is 10.8. The summed E-state index contributed by atoms with van der Waals surface area (Å²) >= 11 is 0. The number of aromatic nitrogens is 1. The Morgan fingerprint density at radius 3 is 2.55 bits per heavy atom. The second kappa shape index (κ2) is 10.8. The number of pyridine rings is 1. The van der Waals surface area contributed by atoms with Crippen LogP contribution >= 0.6 is 0 Å². The average Bonchev–Trinajstić information content (AvgIpc) is 3.58. The van der Waals surface area contributed by atoms with Crippen LogP contribution in [0.5, 0.6) is 11.5 Å². The summed E-state index contributed by atoms with van der Waals surface area (Å²) in [6.45, 7) is 0.765. The number of methoxy groups -OCH3 is 1. The predicted octanol–water partition coefficient (Wildman–Crippen LogP) is 3.54. The summed E-state index contributed by atoms with van der Waals surface area (Å²) in [6.07, 6.45) is 2.21. The first-order valence-corrected chi connectivity index (χ1v) is 13.6. The number of carboxylic acids is 1. The lowest BCUT2D eigenvalue weighted by atomic mass is 10.1. The number of amides is 1. The summed E-state index contributed by atoms with van der Waals surface area (Å²) in [5.41, 5.74) is -0.364. The summed E-state index contributed by atoms with van der Waals surface area (Å²) in [5, 5.41) is 18.7. The maximum atomic E-state index is 15.6. The van der Waals surface area contributed by atoms with Gasteiger partial charge in [0.15, 0.2) is 23.1 Å². The number of ether oxygens (including phenoxy) is 3. The summed E-state index contributed by atoms with van der Waals surface area (Å²) in [6, 6.07) is 5.20. The molecule has 0 unspecified atom stereocenters. The van der Waals surface area contributed by atoms with E-state index in [1.165, 1.54) is 36.4 Å². The maximum absolute atomic E-state index is 15.6. The maximum Gasteiger partial charge on any atom is 0.414 e. The molecule has 11 nitrogen and oxygen atoms in total. The highest BCUT2D eigenvalue weighted by atomic mass is 19.1. The van der Waals surface area contributed by atoms with Crippen molar-refractivity contribution >= 4 is 34.3 Å². The zero-order valence-corrected chi connectivity index (χ0v) is 22.7. The number of cyclic esters (lactones) is 1. The van der Waals surface area contributed by atoms with Gasteiger partial charge >= 0.3 is 12.1 Å². The fraction of sp³-hybridized carbons (Fsp3) is 0.414. The van der Waals surface area contributed by atoms with Gasteiger partial charge in [-0.25, -0.2) is 18.4 Å². The zero-order valence-electron chi connectivity index (χ0n) is 22.7. The molecule has 0 spiro atoms. The third-order valence-corrected chi connectivity index (χ3v) is 7.95. The molecule has 1 aliphatic carbocycles. The summed E-state index contributed by atoms with van der Waals surface area (Å²) in [7, 11) is 1.39. The monoisotopic (exact) mass is 585 g/mol. The van der Waals surface area contributed by atoms with E-state index >= 15 is 4.39 Å². The van der Waals surface area contributed by atoms with Crippen molar-refractivity contribution in [3.8, 4) is 11.5 Å². The topological polar surface area (TPSA) is 131 Å². The highest BCUT2D eigenvalue weighted by Crippen LogP contribution is 2.44. The number of carboxylic acid groups (broad SMARTS) is 1. The predicted molar refractivity (Wildman–Crippen MR) is 147 cm³/mol. The third-order valence-electron chi connectivity index (χ3n) is 7.95. The Balaban J connectivity index is 1.21. The highest BCUT2D eigenvalue weighted by molar-refractivity contribution is 5.97. The standard InChI is InChI=1S/C29H29F2N3O8/c1-40-27-24-19(26(36)20(28(37)38)12-33(24)16-2-3-16)9-22(31)25(27)32-7-6-15(10-32)14-41-23-5-4-17(8-21(23)30)34-11-18(13-35)42-29(34)39/h4-5,8-9,12,15-16,18,35H,2-3,6-7,10-11,13-14H2,1H3,(H,37,38)/t15-,18+/m0/s1. The van der Waals surface area contributed by atoms with E-state index in [4.69, 9.17) is 14.2 Å². The van der Waals surface area contributed by atoms with Gasteiger partial charge < -0.3 is 33.9 Å². The number of hydrogen-bond acceptors (Lipinski definition) is 8. The SMILES string of the molecule is COc1c(N2CC[C@H](COc3ccc(N4C[C@H](CO)OC4=O)cc3F)C2)c(F)cc2c(=O)c(C(=O)O)cn(C3CC3)c12. The first-order valence-electron chi connectivity index (χ1n) is 13.6. The van der Waals surface area contributed by atoms with E-state index in [9.17, 15) is 29.0 Å². The van der Waals surface area contributed by atoms with Gasteiger partial charge in [-0.2, -0.15) is 0 Å². The number of benzene rings is 2. The van der Waals surface area contributed by atoms with E-state index < -0.39 is 40.8 Å². The fourth-order valence-electron chi connectivity index (χ4n) is 5.71. The fourth-order valence-corrected chi connectivity index (χ4v) is 5.71. The van der Waals surface area contributed by atoms with E-state index in [-0.39, 0.29) is 60.0 Å². The largest absolute Gasteiger partial charge is 0.492 e. The lowest BCUT2D eigenvalue weighted by Crippen LogP contribution is -2.25. The Bertz CT molecular complexity index is 1640. The van der Waals surface area contributed by atoms with E-state index in [1.54, 1.807) is 9.47 Å². The number of aliphatic hydroxyl groups excluding tert-OH is 1. The molecule has 0 bridgehead atoms. The van der Waals surface area contributed by atoms with Crippen LogP contribution in [-0.4, -0.2) is 72.9 Å². The molecule has 222 valence electrons. The van der Waals surface area contributed by atoms with E-state index in [2.05, 4.69) is 0 Å². The molecular weight excluding hydrogens is 556 g/mol. The molecule has 1 saturated carbocycles. The molecule has 2 aliphatic heterocycles. The molecule has 3 fully saturated rings. The minimum atomic E-state index is -1.37. The van der Waals surface area contributed by atoms with E-state index in [0.29, 0.717) is 25.0 Å². The normalized spacial score (nSPS) is 20.3. The van der Waals surface area contributed by atoms with Crippen LogP contribution in [0.15, 0.2) is 35.3 Å². The van der Waals surface area contributed by atoms with Crippen molar-refractivity contribution in [1.82, 2.24) is 4.57 Å². The molecular formula is C29H29F2N3O8. The van der Waals surface area contributed by atoms with Gasteiger partial charge in [-0.1, -0.05) is 0 Å². The van der Waals surface area contributed by atoms with Gasteiger partial charge in [-0.15, -0.1) is 0 Å². The zero-order chi connectivity index (χ0) is 29.7. The summed E-state index contributed by atoms with van der Waals surface area (Å²) < 4.78 is 48.6. The van der Waals surface area contributed by atoms with Crippen molar-refractivity contribution in [2.45, 2.75) is 31.4 Å². The molecule has 2 atom stereocenters. The van der Waals surface area contributed by atoms with Gasteiger partial charge in [-0.3, -0.25) is 9.69 Å². The van der Waals surface area contributed by atoms with E-state index in [1.807, 2.05) is 0 Å². The Morgan fingerprint density at radius 1 is 1.12 bits per heavy atom. The summed E-state index contributed by atoms with van der Waals surface area (Å²) in [4.78, 5) is 39.7. The Hall–Kier alpha value is -4.39. The molecule has 42 heavy (non-hydrogen) atoms. The number of fused-ring (bicyclic) bond motifs is 1. The van der Waals surface area contributed by atoms with Crippen molar-refractivity contribution in [3.05, 3.63) is 57.9 Å². The quantitative estimate of drug-likeness (QED) is 0.387. The number of aliphatic hydroxyl groups is 1. The van der Waals surface area contributed by atoms with Crippen LogP contribution in [0, 0.1) is 17.6 Å². The van der Waals surface area contributed by atoms with Gasteiger partial charge in [-0.05, 0) is 37.5 Å². The van der Waals surface area contributed by atoms with E-state index in [0.717, 1.165) is 18.9 Å². The number of carbonyl (C=O) groups excluding carboxylic acids is 1. The molecule has 13 heteroatoms. The lowest BCUT2D eigenvalue weighted by molar-refractivity contribution is 0.0694. The second-order valence-electron chi connectivity index (χ2n) is 10.8. The first-order chi connectivity index (χ1) is 20.2. The lowest BCUT2D eigenvalue weighted by Gasteiger charge is -2.25. The Labute approximate surface area is 238 Å². The number of halogens is 2. The number of hydrogen-bond donors (Lipinski definition) is 2. The van der Waals surface area contributed by atoms with Crippen LogP contribution in [0.4, 0.5) is 25.0 Å². The van der Waals surface area contributed by atoms with Crippen LogP contribution in [-0.2, 0) is 4.74 Å². The van der Waals surface area contributed by atoms with Crippen LogP contribution in [0.25, 0.3) is 10.9 Å². The molecule has 3 aliphatic rings. The van der Waals surface area contributed by atoms with Gasteiger partial charge in [0.2, 0.25) is 5.43 Å². The van der Waals surface area contributed by atoms with Gasteiger partial charge in [0.1, 0.15) is 17.4 Å². The molecule has 0 radical (unpaired) electrons. The van der Waals surface area contributed by atoms with Gasteiger partial charge in [0.25, 0.3) is 0 Å². The number of anilines is 2. The third kappa shape index (κ3) is 4.87. The van der Waals surface area contributed by atoms with Crippen molar-refractivity contribution in [2.24, 2.45) is 5.92 Å². The molecule has 1 amide bonds. The minimum absolute atomic E-state index is 0.000578. The van der Waals surface area contributed by atoms with Crippen molar-refractivity contribution in [1.29, 1.82) is 0 Å². The number of carbonyl (C=O) groups is 2. The van der Waals surface area contributed by atoms with Gasteiger partial charge in [0.05, 0.1) is 43.5 Å². The molecule has 3 heterocycles. The Morgan fingerprint density at radius 2 is 1.90 bits per heavy atom. The van der Waals surface area contributed by atoms with Gasteiger partial charge in [0, 0.05) is 37.3 Å². The van der Waals surface area contributed by atoms with Crippen LogP contribution < -0.4 is 24.7 Å². The minimum Gasteiger partial charge on any atom is -0.492 e. The molecule has 3 aromatic rings. The van der Waals surface area contributed by atoms with Crippen molar-refractivity contribution in [2.75, 3.05) is 49.8 Å². The van der Waals surface area contributed by atoms with Crippen LogP contribution in [0.2, 0.25) is 0 Å². The summed E-state index contributed by atoms with van der Waals surface area (Å²) in [5.74, 6) is -2.65. The molecule has 2 N–H and O–H groups in total. The molecule has 2 saturated heterocycles. The number of aromatic carboxylic acids is 1. The molecule has 1 aromatic heterocycles. The van der Waals surface area contributed by atoms with Crippen LogP contribution in [0.1, 0.15) is 35.7 Å². The average molecular weight is 586 g/mol. The van der Waals surface area contributed by atoms with Crippen LogP contribution in [0.3, 0.4) is 0 Å². The van der Waals surface area contributed by atoms with Crippen molar-refractivity contribution in [3.63, 3.8) is 0 Å². The van der Waals surface area contributed by atoms with Crippen molar-refractivity contribution < 1.29 is 42.8 Å². The number of rotatable bonds is 9. The molecule has 6 rings (SSSR count). The number of nitrogens with zero attached hydrogens (tertiary/aromatic N) is 3. The Kier molecular flexibility index (Phi) is 7.13. The smallest absolute Gasteiger partial charge is 0.414 e.